The van der Waals surface area contributed by atoms with Crippen molar-refractivity contribution in [2.45, 2.75) is 32.8 Å². The molecule has 4 nitrogen and oxygen atoms in total. The Kier molecular flexibility index (Phi) is 6.40. The Morgan fingerprint density at radius 2 is 1.87 bits per heavy atom. The smallest absolute Gasteiger partial charge is 0.151 e. The molecule has 0 aliphatic heterocycles. The molecule has 0 aliphatic carbocycles. The summed E-state index contributed by atoms with van der Waals surface area (Å²) >= 11 is 0. The SMILES string of the molecule is CCS(=O)(=O)CCNCCC(C)(C)OC. The van der Waals surface area contributed by atoms with E-state index in [9.17, 15) is 8.42 Å². The zero-order valence-electron chi connectivity index (χ0n) is 10.2. The second-order valence-corrected chi connectivity index (χ2v) is 6.67. The lowest BCUT2D eigenvalue weighted by atomic mass is 10.1. The Morgan fingerprint density at radius 1 is 1.27 bits per heavy atom. The molecule has 0 bridgehead atoms. The molecule has 0 atom stereocenters. The maximum Gasteiger partial charge on any atom is 0.151 e. The molecule has 0 saturated carbocycles. The van der Waals surface area contributed by atoms with Crippen molar-refractivity contribution < 1.29 is 13.2 Å². The number of rotatable bonds is 8. The van der Waals surface area contributed by atoms with Gasteiger partial charge in [0.25, 0.3) is 0 Å². The van der Waals surface area contributed by atoms with Crippen LogP contribution in [0.5, 0.6) is 0 Å². The first-order valence-electron chi connectivity index (χ1n) is 5.29. The highest BCUT2D eigenvalue weighted by atomic mass is 32.2. The third-order valence-corrected chi connectivity index (χ3v) is 4.19. The van der Waals surface area contributed by atoms with Gasteiger partial charge in [-0.3, -0.25) is 0 Å². The molecule has 0 spiro atoms. The Hall–Kier alpha value is -0.130. The molecule has 0 heterocycles. The fourth-order valence-electron chi connectivity index (χ4n) is 0.988. The fourth-order valence-corrected chi connectivity index (χ4v) is 1.73. The first-order chi connectivity index (χ1) is 6.83. The molecular weight excluding hydrogens is 214 g/mol. The Balaban J connectivity index is 3.57. The van der Waals surface area contributed by atoms with Gasteiger partial charge in [-0.15, -0.1) is 0 Å². The van der Waals surface area contributed by atoms with Crippen LogP contribution in [0.1, 0.15) is 27.2 Å². The van der Waals surface area contributed by atoms with Crippen molar-refractivity contribution in [3.63, 3.8) is 0 Å². The van der Waals surface area contributed by atoms with Crippen molar-refractivity contribution in [1.82, 2.24) is 5.32 Å². The zero-order valence-corrected chi connectivity index (χ0v) is 11.0. The van der Waals surface area contributed by atoms with Crippen LogP contribution in [-0.2, 0) is 14.6 Å². The van der Waals surface area contributed by atoms with E-state index in [0.717, 1.165) is 13.0 Å². The van der Waals surface area contributed by atoms with Crippen molar-refractivity contribution in [3.05, 3.63) is 0 Å². The summed E-state index contributed by atoms with van der Waals surface area (Å²) in [6, 6.07) is 0. The predicted molar refractivity (Wildman–Crippen MR) is 62.9 cm³/mol. The van der Waals surface area contributed by atoms with Crippen LogP contribution < -0.4 is 5.32 Å². The summed E-state index contributed by atoms with van der Waals surface area (Å²) in [5.74, 6) is 0.440. The summed E-state index contributed by atoms with van der Waals surface area (Å²) in [5, 5.41) is 3.11. The van der Waals surface area contributed by atoms with Crippen LogP contribution in [0.3, 0.4) is 0 Å². The van der Waals surface area contributed by atoms with E-state index in [1.807, 2.05) is 13.8 Å². The van der Waals surface area contributed by atoms with Gasteiger partial charge >= 0.3 is 0 Å². The molecule has 0 unspecified atom stereocenters. The Labute approximate surface area is 93.3 Å². The van der Waals surface area contributed by atoms with Crippen LogP contribution in [0.4, 0.5) is 0 Å². The number of ether oxygens (including phenoxy) is 1. The number of nitrogens with one attached hydrogen (secondary N) is 1. The molecule has 1 N–H and O–H groups in total. The van der Waals surface area contributed by atoms with E-state index in [1.165, 1.54) is 0 Å². The van der Waals surface area contributed by atoms with E-state index in [0.29, 0.717) is 6.54 Å². The molecule has 0 rings (SSSR count). The van der Waals surface area contributed by atoms with Gasteiger partial charge in [0.1, 0.15) is 0 Å². The minimum absolute atomic E-state index is 0.142. The monoisotopic (exact) mass is 237 g/mol. The molecule has 0 aromatic heterocycles. The van der Waals surface area contributed by atoms with Gasteiger partial charge in [-0.1, -0.05) is 6.92 Å². The maximum atomic E-state index is 11.2. The van der Waals surface area contributed by atoms with Crippen molar-refractivity contribution in [2.24, 2.45) is 0 Å². The average molecular weight is 237 g/mol. The van der Waals surface area contributed by atoms with Crippen LogP contribution in [0.25, 0.3) is 0 Å². The van der Waals surface area contributed by atoms with Crippen molar-refractivity contribution in [2.75, 3.05) is 31.7 Å². The minimum atomic E-state index is -2.83. The summed E-state index contributed by atoms with van der Waals surface area (Å²) in [4.78, 5) is 0. The first kappa shape index (κ1) is 14.9. The molecule has 0 radical (unpaired) electrons. The predicted octanol–water partition coefficient (Wildman–Crippen LogP) is 0.826. The number of hydrogen-bond donors (Lipinski definition) is 1. The van der Waals surface area contributed by atoms with E-state index in [-0.39, 0.29) is 17.1 Å². The first-order valence-corrected chi connectivity index (χ1v) is 7.11. The van der Waals surface area contributed by atoms with Gasteiger partial charge in [0, 0.05) is 19.4 Å². The molecule has 92 valence electrons. The summed E-state index contributed by atoms with van der Waals surface area (Å²) < 4.78 is 27.5. The molecule has 0 aromatic rings. The zero-order chi connectivity index (χ0) is 11.9. The Morgan fingerprint density at radius 3 is 2.33 bits per heavy atom. The highest BCUT2D eigenvalue weighted by Crippen LogP contribution is 2.11. The molecule has 5 heteroatoms. The number of methoxy groups -OCH3 is 1. The molecule has 0 amide bonds. The van der Waals surface area contributed by atoms with Gasteiger partial charge in [0.2, 0.25) is 0 Å². The van der Waals surface area contributed by atoms with E-state index in [1.54, 1.807) is 14.0 Å². The molecule has 0 aromatic carbocycles. The largest absolute Gasteiger partial charge is 0.379 e. The highest BCUT2D eigenvalue weighted by Gasteiger charge is 2.15. The van der Waals surface area contributed by atoms with Gasteiger partial charge in [-0.05, 0) is 26.8 Å². The maximum absolute atomic E-state index is 11.2. The van der Waals surface area contributed by atoms with Crippen LogP contribution in [0, 0.1) is 0 Å². The van der Waals surface area contributed by atoms with Gasteiger partial charge < -0.3 is 10.1 Å². The standard InChI is InChI=1S/C10H23NO3S/c1-5-15(12,13)9-8-11-7-6-10(2,3)14-4/h11H,5-9H2,1-4H3. The van der Waals surface area contributed by atoms with Gasteiger partial charge in [-0.25, -0.2) is 8.42 Å². The van der Waals surface area contributed by atoms with Crippen LogP contribution in [0.2, 0.25) is 0 Å². The molecule has 0 aliphatic rings. The van der Waals surface area contributed by atoms with Crippen molar-refractivity contribution >= 4 is 9.84 Å². The van der Waals surface area contributed by atoms with Gasteiger partial charge in [0.05, 0.1) is 11.4 Å². The third kappa shape index (κ3) is 7.76. The van der Waals surface area contributed by atoms with Crippen LogP contribution in [-0.4, -0.2) is 45.7 Å². The van der Waals surface area contributed by atoms with Crippen LogP contribution >= 0.6 is 0 Å². The third-order valence-electron chi connectivity index (χ3n) is 2.49. The van der Waals surface area contributed by atoms with E-state index in [4.69, 9.17) is 4.74 Å². The quantitative estimate of drug-likeness (QED) is 0.635. The molecule has 15 heavy (non-hydrogen) atoms. The van der Waals surface area contributed by atoms with Gasteiger partial charge in [-0.2, -0.15) is 0 Å². The van der Waals surface area contributed by atoms with E-state index >= 15 is 0 Å². The Bertz CT molecular complexity index is 260. The van der Waals surface area contributed by atoms with Crippen molar-refractivity contribution in [3.8, 4) is 0 Å². The van der Waals surface area contributed by atoms with Gasteiger partial charge in [0.15, 0.2) is 9.84 Å². The lowest BCUT2D eigenvalue weighted by Crippen LogP contribution is -2.31. The average Bonchev–Trinajstić information content (AvgIpc) is 2.17. The molecule has 0 fully saturated rings. The summed E-state index contributed by atoms with van der Waals surface area (Å²) in [6.45, 7) is 6.99. The second kappa shape index (κ2) is 6.45. The normalized spacial score (nSPS) is 13.1. The fraction of sp³-hybridized carbons (Fsp3) is 1.00. The lowest BCUT2D eigenvalue weighted by molar-refractivity contribution is 0.0160. The number of hydrogen-bond acceptors (Lipinski definition) is 4. The van der Waals surface area contributed by atoms with Crippen molar-refractivity contribution in [1.29, 1.82) is 0 Å². The molecule has 0 saturated heterocycles. The van der Waals surface area contributed by atoms with E-state index in [2.05, 4.69) is 5.32 Å². The summed E-state index contributed by atoms with van der Waals surface area (Å²) in [7, 11) is -1.15. The minimum Gasteiger partial charge on any atom is -0.379 e. The topological polar surface area (TPSA) is 55.4 Å². The molecular formula is C10H23NO3S. The van der Waals surface area contributed by atoms with Crippen LogP contribution in [0.15, 0.2) is 0 Å². The lowest BCUT2D eigenvalue weighted by Gasteiger charge is -2.22. The highest BCUT2D eigenvalue weighted by molar-refractivity contribution is 7.91. The number of sulfone groups is 1. The van der Waals surface area contributed by atoms with E-state index < -0.39 is 9.84 Å². The summed E-state index contributed by atoms with van der Waals surface area (Å²) in [6.07, 6.45) is 0.871. The summed E-state index contributed by atoms with van der Waals surface area (Å²) in [5.41, 5.74) is -0.142. The second-order valence-electron chi connectivity index (χ2n) is 4.20.